The normalized spacial score (nSPS) is 10.8. The second-order valence-electron chi connectivity index (χ2n) is 1.80. The number of benzene rings is 1. The molecular formula is C6H8NNaO3S. The summed E-state index contributed by atoms with van der Waals surface area (Å²) in [4.78, 5) is 0.259. The molecule has 0 aliphatic heterocycles. The van der Waals surface area contributed by atoms with Crippen LogP contribution in [-0.4, -0.2) is 14.2 Å². The van der Waals surface area contributed by atoms with Crippen molar-refractivity contribution in [1.82, 2.24) is 0 Å². The Morgan fingerprint density at radius 2 is 1.67 bits per heavy atom. The summed E-state index contributed by atoms with van der Waals surface area (Å²) in [5.74, 6) is 0. The Kier molecular flexibility index (Phi) is 8.02. The van der Waals surface area contributed by atoms with Crippen LogP contribution in [-0.2, 0) is 11.1 Å². The number of hydrogen-bond donors (Lipinski definition) is 1. The van der Waals surface area contributed by atoms with Crippen LogP contribution in [0.25, 0.3) is 0 Å². The molecule has 0 aliphatic rings. The minimum absolute atomic E-state index is 0. The molecule has 0 radical (unpaired) electrons. The van der Waals surface area contributed by atoms with Gasteiger partial charge in [0.05, 0.1) is 0 Å². The number of nitrogen functional groups attached to an aromatic ring is 1. The van der Waals surface area contributed by atoms with Crippen molar-refractivity contribution >= 4 is 16.8 Å². The summed E-state index contributed by atoms with van der Waals surface area (Å²) in [5, 5.41) is 0. The Bertz CT molecular complexity index is 251. The molecule has 0 amide bonds. The van der Waals surface area contributed by atoms with E-state index in [1.807, 2.05) is 0 Å². The molecule has 0 fully saturated rings. The van der Waals surface area contributed by atoms with Crippen LogP contribution < -0.4 is 35.3 Å². The van der Waals surface area contributed by atoms with Crippen LogP contribution in [0.5, 0.6) is 0 Å². The van der Waals surface area contributed by atoms with Crippen molar-refractivity contribution in [3.63, 3.8) is 0 Å². The molecule has 0 aromatic heterocycles. The number of anilines is 1. The fourth-order valence-electron chi connectivity index (χ4n) is 0.579. The first-order valence-electron chi connectivity index (χ1n) is 2.65. The van der Waals surface area contributed by atoms with Gasteiger partial charge in [-0.15, -0.1) is 0 Å². The predicted molar refractivity (Wildman–Crippen MR) is 41.7 cm³/mol. The number of nitrogens with two attached hydrogens (primary N) is 1. The molecule has 1 rings (SSSR count). The van der Waals surface area contributed by atoms with Crippen LogP contribution in [0.2, 0.25) is 0 Å². The first-order chi connectivity index (χ1) is 4.70. The Labute approximate surface area is 95.0 Å². The van der Waals surface area contributed by atoms with Gasteiger partial charge in [-0.05, 0) is 35.3 Å². The molecule has 0 saturated heterocycles. The quantitative estimate of drug-likeness (QED) is 0.290. The smallest absolute Gasteiger partial charge is 0.768 e. The molecule has 4 N–H and O–H groups in total. The molecule has 0 heterocycles. The molecule has 1 aromatic carbocycles. The Hall–Kier alpha value is 0.0900. The van der Waals surface area contributed by atoms with E-state index in [-0.39, 0.29) is 39.9 Å². The summed E-state index contributed by atoms with van der Waals surface area (Å²) in [6, 6.07) is 6.01. The fourth-order valence-corrected chi connectivity index (χ4v) is 0.937. The molecule has 0 aliphatic carbocycles. The minimum Gasteiger partial charge on any atom is -0.768 e. The summed E-state index contributed by atoms with van der Waals surface area (Å²) < 4.78 is 20.5. The number of rotatable bonds is 1. The van der Waals surface area contributed by atoms with Crippen molar-refractivity contribution in [2.45, 2.75) is 4.90 Å². The van der Waals surface area contributed by atoms with Gasteiger partial charge in [-0.25, -0.2) is 0 Å². The maximum atomic E-state index is 10.3. The van der Waals surface area contributed by atoms with Gasteiger partial charge in [0.1, 0.15) is 0 Å². The Morgan fingerprint density at radius 1 is 1.25 bits per heavy atom. The van der Waals surface area contributed by atoms with Crippen LogP contribution >= 0.6 is 0 Å². The topological polar surface area (TPSA) is 97.7 Å². The molecule has 1 unspecified atom stereocenters. The summed E-state index contributed by atoms with van der Waals surface area (Å²) in [6.07, 6.45) is 0. The van der Waals surface area contributed by atoms with Gasteiger partial charge in [0.25, 0.3) is 0 Å². The third kappa shape index (κ3) is 4.20. The molecule has 62 valence electrons. The van der Waals surface area contributed by atoms with Gasteiger partial charge in [0.2, 0.25) is 0 Å². The van der Waals surface area contributed by atoms with Crippen molar-refractivity contribution in [1.29, 1.82) is 0 Å². The zero-order valence-electron chi connectivity index (χ0n) is 6.61. The summed E-state index contributed by atoms with van der Waals surface area (Å²) in [7, 11) is 0. The third-order valence-corrected chi connectivity index (χ3v) is 1.73. The van der Waals surface area contributed by atoms with E-state index in [9.17, 15) is 8.76 Å². The van der Waals surface area contributed by atoms with Crippen molar-refractivity contribution in [2.75, 3.05) is 5.73 Å². The molecule has 4 nitrogen and oxygen atoms in total. The largest absolute Gasteiger partial charge is 1.00 e. The van der Waals surface area contributed by atoms with E-state index >= 15 is 0 Å². The second kappa shape index (κ2) is 6.59. The number of hydrogen-bond acceptors (Lipinski definition) is 3. The van der Waals surface area contributed by atoms with Crippen molar-refractivity contribution in [3.05, 3.63) is 24.3 Å². The molecule has 0 bridgehead atoms. The van der Waals surface area contributed by atoms with Crippen LogP contribution in [0.3, 0.4) is 0 Å². The van der Waals surface area contributed by atoms with Gasteiger partial charge in [0.15, 0.2) is 0 Å². The zero-order valence-corrected chi connectivity index (χ0v) is 9.43. The van der Waals surface area contributed by atoms with Gasteiger partial charge in [0, 0.05) is 10.6 Å². The van der Waals surface area contributed by atoms with Crippen molar-refractivity contribution < 1.29 is 43.8 Å². The van der Waals surface area contributed by atoms with Gasteiger partial charge >= 0.3 is 29.6 Å². The summed E-state index contributed by atoms with van der Waals surface area (Å²) in [6.45, 7) is 0. The monoisotopic (exact) mass is 197 g/mol. The first-order valence-corrected chi connectivity index (χ1v) is 3.72. The van der Waals surface area contributed by atoms with Gasteiger partial charge in [-0.2, -0.15) is 0 Å². The van der Waals surface area contributed by atoms with Crippen LogP contribution in [0.1, 0.15) is 0 Å². The average Bonchev–Trinajstić information content (AvgIpc) is 1.88. The summed E-state index contributed by atoms with van der Waals surface area (Å²) >= 11 is -2.14. The van der Waals surface area contributed by atoms with Gasteiger partial charge in [-0.3, -0.25) is 4.21 Å². The molecule has 6 heteroatoms. The first kappa shape index (κ1) is 14.6. The zero-order chi connectivity index (χ0) is 7.56. The molecule has 0 saturated carbocycles. The standard InChI is InChI=1S/C6H7NO2S.Na.H2O/c7-5-1-3-6(4-2-5)10(8)9;;/h1-4H,7H2,(H,8,9);;1H2/q;+1;/p-1. The van der Waals surface area contributed by atoms with Crippen LogP contribution in [0.15, 0.2) is 29.2 Å². The van der Waals surface area contributed by atoms with Crippen LogP contribution in [0.4, 0.5) is 5.69 Å². The van der Waals surface area contributed by atoms with E-state index in [0.717, 1.165) is 0 Å². The van der Waals surface area contributed by atoms with E-state index in [0.29, 0.717) is 5.69 Å². The Balaban J connectivity index is 0. The maximum Gasteiger partial charge on any atom is 1.00 e. The van der Waals surface area contributed by atoms with E-state index in [1.54, 1.807) is 12.1 Å². The van der Waals surface area contributed by atoms with Gasteiger partial charge in [-0.1, -0.05) is 0 Å². The fraction of sp³-hybridized carbons (Fsp3) is 0. The predicted octanol–water partition coefficient (Wildman–Crippen LogP) is -3.31. The van der Waals surface area contributed by atoms with E-state index in [4.69, 9.17) is 5.73 Å². The van der Waals surface area contributed by atoms with E-state index in [1.165, 1.54) is 12.1 Å². The summed E-state index contributed by atoms with van der Waals surface area (Å²) in [5.41, 5.74) is 5.89. The van der Waals surface area contributed by atoms with Crippen LogP contribution in [0, 0.1) is 0 Å². The molecule has 12 heavy (non-hydrogen) atoms. The molecule has 1 atom stereocenters. The molecule has 0 spiro atoms. The maximum absolute atomic E-state index is 10.3. The van der Waals surface area contributed by atoms with Gasteiger partial charge < -0.3 is 15.8 Å². The van der Waals surface area contributed by atoms with E-state index in [2.05, 4.69) is 0 Å². The second-order valence-corrected chi connectivity index (χ2v) is 2.74. The SMILES string of the molecule is Nc1ccc(S(=O)[O-])cc1.O.[Na+]. The minimum atomic E-state index is -2.14. The van der Waals surface area contributed by atoms with Crippen molar-refractivity contribution in [3.8, 4) is 0 Å². The van der Waals surface area contributed by atoms with Crippen molar-refractivity contribution in [2.24, 2.45) is 0 Å². The van der Waals surface area contributed by atoms with E-state index < -0.39 is 11.1 Å². The average molecular weight is 197 g/mol. The molecule has 1 aromatic rings. The molecular weight excluding hydrogens is 189 g/mol. The third-order valence-electron chi connectivity index (χ3n) is 1.07. The Morgan fingerprint density at radius 3 is 2.00 bits per heavy atom.